The van der Waals surface area contributed by atoms with E-state index in [0.29, 0.717) is 11.4 Å². The summed E-state index contributed by atoms with van der Waals surface area (Å²) < 4.78 is 37.6. The molecule has 1 unspecified atom stereocenters. The second-order valence-corrected chi connectivity index (χ2v) is 10.7. The van der Waals surface area contributed by atoms with E-state index >= 15 is 0 Å². The molecule has 3 aromatic rings. The Balaban J connectivity index is 1.36. The quantitative estimate of drug-likeness (QED) is 0.364. The monoisotopic (exact) mass is 592 g/mol. The standard InChI is InChI=1S/C30H34F2N8O3/c1-3-42-30(33)36-27-26(28(41)37-30)35-23(18-40(27)20-8-10-21(11-9-20)43-29(31)32)19-7-12-22-24(17-19)38(2)25(34-22)13-16-39-14-5-4-6-15-39/h7-12,17-18,29H,3-6,13-16,33H2,1-2H3,(H,37,41). The molecule has 226 valence electrons. The lowest BCUT2D eigenvalue weighted by atomic mass is 10.1. The zero-order chi connectivity index (χ0) is 30.1. The average molecular weight is 593 g/mol. The van der Waals surface area contributed by atoms with E-state index in [2.05, 4.69) is 29.5 Å². The molecular weight excluding hydrogens is 558 g/mol. The van der Waals surface area contributed by atoms with Gasteiger partial charge in [0.2, 0.25) is 0 Å². The van der Waals surface area contributed by atoms with Crippen molar-refractivity contribution < 1.29 is 23.0 Å². The topological polar surface area (TPSA) is 123 Å². The normalized spacial score (nSPS) is 20.9. The van der Waals surface area contributed by atoms with E-state index in [-0.39, 0.29) is 23.9 Å². The lowest BCUT2D eigenvalue weighted by Crippen LogP contribution is -2.64. The fourth-order valence-corrected chi connectivity index (χ4v) is 5.64. The van der Waals surface area contributed by atoms with Crippen LogP contribution in [-0.2, 0) is 23.0 Å². The predicted octanol–water partition coefficient (Wildman–Crippen LogP) is 3.60. The van der Waals surface area contributed by atoms with Crippen LogP contribution in [0.5, 0.6) is 5.75 Å². The van der Waals surface area contributed by atoms with E-state index in [9.17, 15) is 13.6 Å². The summed E-state index contributed by atoms with van der Waals surface area (Å²) in [4.78, 5) is 31.4. The van der Waals surface area contributed by atoms with Crippen molar-refractivity contribution in [2.24, 2.45) is 22.8 Å². The minimum atomic E-state index is -2.95. The molecule has 1 saturated heterocycles. The van der Waals surface area contributed by atoms with Gasteiger partial charge in [-0.3, -0.25) is 20.7 Å². The number of imidazole rings is 1. The summed E-state index contributed by atoms with van der Waals surface area (Å²) in [5, 5.41) is 2.57. The molecule has 0 bridgehead atoms. The van der Waals surface area contributed by atoms with Crippen LogP contribution < -0.4 is 20.7 Å². The number of nitrogens with two attached hydrogens (primary N) is 1. The maximum Gasteiger partial charge on any atom is 0.387 e. The number of anilines is 1. The highest BCUT2D eigenvalue weighted by atomic mass is 19.3. The number of benzene rings is 2. The lowest BCUT2D eigenvalue weighted by Gasteiger charge is -2.36. The predicted molar refractivity (Wildman–Crippen MR) is 160 cm³/mol. The Labute approximate surface area is 247 Å². The SMILES string of the molecule is CCOC1(N)N=C2C(=NC(c3ccc4nc(CCN5CCCCC5)n(C)c4c3)=CN2c2ccc(OC(F)F)cc2)C(=O)N1. The molecule has 1 aromatic heterocycles. The molecule has 43 heavy (non-hydrogen) atoms. The summed E-state index contributed by atoms with van der Waals surface area (Å²) in [6.45, 7) is 2.22. The van der Waals surface area contributed by atoms with Crippen LogP contribution in [0.3, 0.4) is 0 Å². The summed E-state index contributed by atoms with van der Waals surface area (Å²) in [6.07, 6.45) is 6.37. The third kappa shape index (κ3) is 6.01. The molecule has 0 radical (unpaired) electrons. The summed E-state index contributed by atoms with van der Waals surface area (Å²) in [5.41, 5.74) is 9.86. The Morgan fingerprint density at radius 2 is 1.88 bits per heavy atom. The molecule has 1 atom stereocenters. The number of amides is 1. The first kappa shape index (κ1) is 28.9. The summed E-state index contributed by atoms with van der Waals surface area (Å²) in [6, 6.07) is 11.8. The Hall–Kier alpha value is -4.20. The van der Waals surface area contributed by atoms with Gasteiger partial charge in [-0.1, -0.05) is 12.5 Å². The third-order valence-electron chi connectivity index (χ3n) is 7.78. The number of carbonyl (C=O) groups excluding carboxylic acids is 1. The van der Waals surface area contributed by atoms with Crippen molar-refractivity contribution in [3.63, 3.8) is 0 Å². The fourth-order valence-electron chi connectivity index (χ4n) is 5.64. The number of hydrogen-bond acceptors (Lipinski definition) is 9. The van der Waals surface area contributed by atoms with Gasteiger partial charge in [-0.25, -0.2) is 9.98 Å². The second-order valence-electron chi connectivity index (χ2n) is 10.7. The molecule has 3 aliphatic heterocycles. The molecule has 0 saturated carbocycles. The number of likely N-dealkylation sites (tertiary alicyclic amines) is 1. The van der Waals surface area contributed by atoms with Crippen molar-refractivity contribution in [1.82, 2.24) is 19.8 Å². The maximum atomic E-state index is 13.3. The van der Waals surface area contributed by atoms with Gasteiger partial charge in [-0.05, 0) is 69.3 Å². The molecule has 11 nitrogen and oxygen atoms in total. The number of rotatable bonds is 9. The van der Waals surface area contributed by atoms with Gasteiger partial charge in [-0.15, -0.1) is 0 Å². The molecule has 0 spiro atoms. The number of ether oxygens (including phenoxy) is 2. The zero-order valence-electron chi connectivity index (χ0n) is 24.1. The summed E-state index contributed by atoms with van der Waals surface area (Å²) in [5.74, 6) is -1.19. The van der Waals surface area contributed by atoms with Crippen molar-refractivity contribution in [3.05, 3.63) is 60.1 Å². The number of amidine groups is 1. The van der Waals surface area contributed by atoms with Crippen molar-refractivity contribution in [1.29, 1.82) is 0 Å². The molecule has 3 N–H and O–H groups in total. The number of nitrogens with zero attached hydrogens (tertiary/aromatic N) is 6. The fraction of sp³-hybridized carbons (Fsp3) is 0.400. The van der Waals surface area contributed by atoms with E-state index in [1.165, 1.54) is 31.4 Å². The molecule has 2 aromatic carbocycles. The minimum absolute atomic E-state index is 0.00239. The van der Waals surface area contributed by atoms with Crippen LogP contribution in [0.2, 0.25) is 0 Å². The highest BCUT2D eigenvalue weighted by Gasteiger charge is 2.41. The van der Waals surface area contributed by atoms with Gasteiger partial charge in [0, 0.05) is 44.1 Å². The van der Waals surface area contributed by atoms with Gasteiger partial charge in [0.05, 0.1) is 16.7 Å². The van der Waals surface area contributed by atoms with Gasteiger partial charge in [0.15, 0.2) is 11.5 Å². The van der Waals surface area contributed by atoms with Crippen LogP contribution in [0, 0.1) is 0 Å². The van der Waals surface area contributed by atoms with Gasteiger partial charge in [0.1, 0.15) is 11.6 Å². The van der Waals surface area contributed by atoms with Gasteiger partial charge in [0.25, 0.3) is 5.91 Å². The van der Waals surface area contributed by atoms with Crippen LogP contribution in [-0.4, -0.2) is 70.7 Å². The number of nitrogens with one attached hydrogen (secondary N) is 1. The molecule has 1 fully saturated rings. The third-order valence-corrected chi connectivity index (χ3v) is 7.78. The first-order valence-electron chi connectivity index (χ1n) is 14.4. The maximum absolute atomic E-state index is 13.3. The number of alkyl halides is 2. The Morgan fingerprint density at radius 3 is 2.60 bits per heavy atom. The van der Waals surface area contributed by atoms with Gasteiger partial charge < -0.3 is 18.9 Å². The number of aromatic nitrogens is 2. The van der Waals surface area contributed by atoms with Crippen LogP contribution in [0.4, 0.5) is 14.5 Å². The van der Waals surface area contributed by atoms with Crippen LogP contribution in [0.25, 0.3) is 16.7 Å². The first-order valence-corrected chi connectivity index (χ1v) is 14.4. The van der Waals surface area contributed by atoms with E-state index in [1.807, 2.05) is 25.2 Å². The molecule has 3 aliphatic rings. The van der Waals surface area contributed by atoms with Crippen molar-refractivity contribution >= 4 is 39.9 Å². The van der Waals surface area contributed by atoms with Crippen molar-refractivity contribution in [3.8, 4) is 5.75 Å². The molecule has 6 rings (SSSR count). The van der Waals surface area contributed by atoms with Crippen molar-refractivity contribution in [2.75, 3.05) is 31.1 Å². The van der Waals surface area contributed by atoms with Crippen LogP contribution in [0.15, 0.2) is 58.6 Å². The number of piperidine rings is 1. The Kier molecular flexibility index (Phi) is 7.95. The van der Waals surface area contributed by atoms with E-state index in [4.69, 9.17) is 15.5 Å². The summed E-state index contributed by atoms with van der Waals surface area (Å²) >= 11 is 0. The van der Waals surface area contributed by atoms with E-state index < -0.39 is 18.5 Å². The highest BCUT2D eigenvalue weighted by Crippen LogP contribution is 2.31. The average Bonchev–Trinajstić information content (AvgIpc) is 3.31. The van der Waals surface area contributed by atoms with E-state index in [1.54, 1.807) is 30.2 Å². The number of aliphatic imine (C=N–C) groups is 2. The largest absolute Gasteiger partial charge is 0.435 e. The highest BCUT2D eigenvalue weighted by molar-refractivity contribution is 6.70. The number of halogens is 2. The minimum Gasteiger partial charge on any atom is -0.435 e. The molecule has 0 aliphatic carbocycles. The number of hydrogen-bond donors (Lipinski definition) is 2. The first-order chi connectivity index (χ1) is 20.7. The van der Waals surface area contributed by atoms with Crippen LogP contribution >= 0.6 is 0 Å². The zero-order valence-corrected chi connectivity index (χ0v) is 24.1. The smallest absolute Gasteiger partial charge is 0.387 e. The molecule has 4 heterocycles. The number of aryl methyl sites for hydroxylation is 1. The summed E-state index contributed by atoms with van der Waals surface area (Å²) in [7, 11) is 2.01. The number of fused-ring (bicyclic) bond motifs is 2. The van der Waals surface area contributed by atoms with E-state index in [0.717, 1.165) is 48.5 Å². The Bertz CT molecular complexity index is 1610. The molecule has 1 amide bonds. The second kappa shape index (κ2) is 11.8. The molecule has 13 heteroatoms. The van der Waals surface area contributed by atoms with Gasteiger partial charge in [-0.2, -0.15) is 13.8 Å². The van der Waals surface area contributed by atoms with Crippen molar-refractivity contribution in [2.45, 2.75) is 45.2 Å². The van der Waals surface area contributed by atoms with Crippen LogP contribution in [0.1, 0.15) is 37.6 Å². The lowest BCUT2D eigenvalue weighted by molar-refractivity contribution is -0.126. The molecular formula is C30H34F2N8O3. The number of carbonyl (C=O) groups is 1. The van der Waals surface area contributed by atoms with Gasteiger partial charge >= 0.3 is 12.6 Å². The Morgan fingerprint density at radius 1 is 1.12 bits per heavy atom.